The monoisotopic (exact) mass is 312 g/mol. The van der Waals surface area contributed by atoms with Crippen molar-refractivity contribution in [3.63, 3.8) is 0 Å². The number of benzene rings is 2. The van der Waals surface area contributed by atoms with Crippen LogP contribution >= 0.6 is 34.8 Å². The Bertz CT molecular complexity index is 538. The van der Waals surface area contributed by atoms with E-state index in [0.717, 1.165) is 11.1 Å². The summed E-state index contributed by atoms with van der Waals surface area (Å²) >= 11 is 18.5. The van der Waals surface area contributed by atoms with E-state index in [9.17, 15) is 0 Å². The van der Waals surface area contributed by atoms with E-state index < -0.39 is 0 Å². The summed E-state index contributed by atoms with van der Waals surface area (Å²) in [7, 11) is 0. The fourth-order valence-corrected chi connectivity index (χ4v) is 2.78. The predicted molar refractivity (Wildman–Crippen MR) is 84.7 cm³/mol. The molecule has 1 unspecified atom stereocenters. The van der Waals surface area contributed by atoms with Crippen LogP contribution in [-0.2, 0) is 0 Å². The van der Waals surface area contributed by atoms with Gasteiger partial charge in [0.1, 0.15) is 0 Å². The first-order valence-electron chi connectivity index (χ1n) is 6.17. The average molecular weight is 314 g/mol. The van der Waals surface area contributed by atoms with Crippen LogP contribution in [0.4, 0.5) is 0 Å². The molecule has 0 aliphatic carbocycles. The van der Waals surface area contributed by atoms with Gasteiger partial charge in [0.25, 0.3) is 0 Å². The maximum absolute atomic E-state index is 6.49. The Morgan fingerprint density at radius 3 is 1.68 bits per heavy atom. The fourth-order valence-electron chi connectivity index (χ4n) is 1.96. The molecule has 0 aliphatic heterocycles. The molecule has 100 valence electrons. The van der Waals surface area contributed by atoms with Crippen molar-refractivity contribution in [2.45, 2.75) is 25.1 Å². The zero-order valence-electron chi connectivity index (χ0n) is 10.8. The highest BCUT2D eigenvalue weighted by atomic mass is 35.5. The summed E-state index contributed by atoms with van der Waals surface area (Å²) in [6, 6.07) is 13.7. The highest BCUT2D eigenvalue weighted by Crippen LogP contribution is 2.33. The molecule has 0 saturated heterocycles. The van der Waals surface area contributed by atoms with Crippen LogP contribution in [0, 0.1) is 0 Å². The number of hydrogen-bond donors (Lipinski definition) is 0. The van der Waals surface area contributed by atoms with Gasteiger partial charge in [-0.1, -0.05) is 61.3 Å². The summed E-state index contributed by atoms with van der Waals surface area (Å²) in [4.78, 5) is 0. The van der Waals surface area contributed by atoms with Crippen LogP contribution in [0.15, 0.2) is 42.5 Å². The van der Waals surface area contributed by atoms with Crippen molar-refractivity contribution in [3.05, 3.63) is 69.2 Å². The van der Waals surface area contributed by atoms with Gasteiger partial charge >= 0.3 is 0 Å². The zero-order chi connectivity index (χ0) is 14.0. The third kappa shape index (κ3) is 3.66. The van der Waals surface area contributed by atoms with Gasteiger partial charge in [-0.25, -0.2) is 0 Å². The number of alkyl halides is 1. The van der Waals surface area contributed by atoms with E-state index in [1.807, 2.05) is 12.1 Å². The Morgan fingerprint density at radius 2 is 1.21 bits per heavy atom. The van der Waals surface area contributed by atoms with Crippen LogP contribution in [0.25, 0.3) is 0 Å². The Balaban J connectivity index is 2.30. The van der Waals surface area contributed by atoms with E-state index in [-0.39, 0.29) is 5.38 Å². The van der Waals surface area contributed by atoms with Crippen molar-refractivity contribution in [1.29, 1.82) is 0 Å². The third-order valence-corrected chi connectivity index (χ3v) is 4.01. The smallest absolute Gasteiger partial charge is 0.0836 e. The van der Waals surface area contributed by atoms with E-state index in [0.29, 0.717) is 16.0 Å². The maximum Gasteiger partial charge on any atom is 0.0836 e. The van der Waals surface area contributed by atoms with Gasteiger partial charge in [-0.15, -0.1) is 11.6 Å². The largest absolute Gasteiger partial charge is 0.113 e. The molecule has 0 saturated carbocycles. The quantitative estimate of drug-likeness (QED) is 0.571. The van der Waals surface area contributed by atoms with Crippen LogP contribution in [0.1, 0.15) is 41.8 Å². The second-order valence-electron chi connectivity index (χ2n) is 4.89. The Hall–Kier alpha value is -0.690. The van der Waals surface area contributed by atoms with E-state index >= 15 is 0 Å². The third-order valence-electron chi connectivity index (χ3n) is 3.07. The molecule has 0 radical (unpaired) electrons. The molecule has 19 heavy (non-hydrogen) atoms. The van der Waals surface area contributed by atoms with Crippen LogP contribution in [0.3, 0.4) is 0 Å². The molecular weight excluding hydrogens is 299 g/mol. The van der Waals surface area contributed by atoms with Crippen molar-refractivity contribution >= 4 is 34.8 Å². The first kappa shape index (κ1) is 14.7. The second kappa shape index (κ2) is 6.17. The van der Waals surface area contributed by atoms with Gasteiger partial charge in [0.15, 0.2) is 0 Å². The maximum atomic E-state index is 6.49. The van der Waals surface area contributed by atoms with E-state index in [2.05, 4.69) is 38.1 Å². The summed E-state index contributed by atoms with van der Waals surface area (Å²) in [5.41, 5.74) is 3.26. The molecule has 2 rings (SSSR count). The summed E-state index contributed by atoms with van der Waals surface area (Å²) in [6.45, 7) is 4.34. The SMILES string of the molecule is CC(C)c1ccc(C(Cl)c2cc(Cl)cc(Cl)c2)cc1. The molecule has 0 amide bonds. The number of rotatable bonds is 3. The van der Waals surface area contributed by atoms with Crippen molar-refractivity contribution in [1.82, 2.24) is 0 Å². The highest BCUT2D eigenvalue weighted by Gasteiger charge is 2.12. The lowest BCUT2D eigenvalue weighted by Crippen LogP contribution is -1.95. The molecule has 0 nitrogen and oxygen atoms in total. The van der Waals surface area contributed by atoms with Gasteiger partial charge < -0.3 is 0 Å². The van der Waals surface area contributed by atoms with Gasteiger partial charge in [-0.05, 0) is 40.8 Å². The normalized spacial score (nSPS) is 12.7. The minimum atomic E-state index is -0.239. The van der Waals surface area contributed by atoms with Crippen molar-refractivity contribution in [2.24, 2.45) is 0 Å². The van der Waals surface area contributed by atoms with Gasteiger partial charge in [0.2, 0.25) is 0 Å². The van der Waals surface area contributed by atoms with Crippen LogP contribution in [0.2, 0.25) is 10.0 Å². The molecular formula is C16H15Cl3. The van der Waals surface area contributed by atoms with Crippen LogP contribution in [0.5, 0.6) is 0 Å². The van der Waals surface area contributed by atoms with E-state index in [1.165, 1.54) is 5.56 Å². The molecule has 0 bridgehead atoms. The molecule has 0 N–H and O–H groups in total. The molecule has 0 heterocycles. The molecule has 3 heteroatoms. The first-order chi connectivity index (χ1) is 8.97. The summed E-state index contributed by atoms with van der Waals surface area (Å²) in [5, 5.41) is 0.969. The minimum Gasteiger partial charge on any atom is -0.113 e. The van der Waals surface area contributed by atoms with Gasteiger partial charge in [-0.2, -0.15) is 0 Å². The summed E-state index contributed by atoms with van der Waals surface area (Å²) < 4.78 is 0. The Morgan fingerprint density at radius 1 is 0.737 bits per heavy atom. The number of hydrogen-bond acceptors (Lipinski definition) is 0. The van der Waals surface area contributed by atoms with Gasteiger partial charge in [0, 0.05) is 10.0 Å². The molecule has 1 atom stereocenters. The average Bonchev–Trinajstić information content (AvgIpc) is 2.37. The summed E-state index contributed by atoms with van der Waals surface area (Å²) in [5.74, 6) is 0.517. The highest BCUT2D eigenvalue weighted by molar-refractivity contribution is 6.35. The standard InChI is InChI=1S/C16H15Cl3/c1-10(2)11-3-5-12(6-4-11)16(19)13-7-14(17)9-15(18)8-13/h3-10,16H,1-2H3. The fraction of sp³-hybridized carbons (Fsp3) is 0.250. The number of halogens is 3. The van der Waals surface area contributed by atoms with Crippen LogP contribution < -0.4 is 0 Å². The van der Waals surface area contributed by atoms with E-state index in [4.69, 9.17) is 34.8 Å². The second-order valence-corrected chi connectivity index (χ2v) is 6.20. The van der Waals surface area contributed by atoms with Crippen molar-refractivity contribution in [2.75, 3.05) is 0 Å². The predicted octanol–water partition coefficient (Wildman–Crippen LogP) is 6.45. The van der Waals surface area contributed by atoms with Crippen molar-refractivity contribution in [3.8, 4) is 0 Å². The van der Waals surface area contributed by atoms with Gasteiger partial charge in [0.05, 0.1) is 5.38 Å². The summed E-state index contributed by atoms with van der Waals surface area (Å²) in [6.07, 6.45) is 0. The Labute approximate surface area is 129 Å². The van der Waals surface area contributed by atoms with E-state index in [1.54, 1.807) is 6.07 Å². The minimum absolute atomic E-state index is 0.239. The molecule has 0 fully saturated rings. The Kier molecular flexibility index (Phi) is 4.78. The topological polar surface area (TPSA) is 0 Å². The van der Waals surface area contributed by atoms with Crippen molar-refractivity contribution < 1.29 is 0 Å². The lowest BCUT2D eigenvalue weighted by atomic mass is 9.98. The molecule has 2 aromatic rings. The van der Waals surface area contributed by atoms with Gasteiger partial charge in [-0.3, -0.25) is 0 Å². The molecule has 0 aromatic heterocycles. The van der Waals surface area contributed by atoms with Crippen LogP contribution in [-0.4, -0.2) is 0 Å². The molecule has 0 spiro atoms. The molecule has 0 aliphatic rings. The zero-order valence-corrected chi connectivity index (χ0v) is 13.1. The lowest BCUT2D eigenvalue weighted by Gasteiger charge is -2.13. The molecule has 2 aromatic carbocycles. The first-order valence-corrected chi connectivity index (χ1v) is 7.36. The lowest BCUT2D eigenvalue weighted by molar-refractivity contribution is 0.865.